The van der Waals surface area contributed by atoms with Gasteiger partial charge in [-0.1, -0.05) is 6.07 Å². The van der Waals surface area contributed by atoms with Crippen molar-refractivity contribution in [2.75, 3.05) is 12.4 Å². The highest BCUT2D eigenvalue weighted by Crippen LogP contribution is 2.44. The first-order valence-corrected chi connectivity index (χ1v) is 10.9. The van der Waals surface area contributed by atoms with Crippen LogP contribution in [0.2, 0.25) is 0 Å². The Kier molecular flexibility index (Phi) is 6.73. The van der Waals surface area contributed by atoms with E-state index < -0.39 is 23.9 Å². The first-order valence-electron chi connectivity index (χ1n) is 10.9. The van der Waals surface area contributed by atoms with E-state index in [4.69, 9.17) is 15.2 Å². The highest BCUT2D eigenvalue weighted by molar-refractivity contribution is 6.07. The lowest BCUT2D eigenvalue weighted by molar-refractivity contribution is -0.274. The van der Waals surface area contributed by atoms with E-state index in [1.807, 2.05) is 6.07 Å². The Morgan fingerprint density at radius 1 is 1.06 bits per heavy atom. The van der Waals surface area contributed by atoms with E-state index in [2.05, 4.69) is 15.0 Å². The Hall–Kier alpha value is -4.28. The fourth-order valence-electron chi connectivity index (χ4n) is 3.69. The number of anilines is 1. The normalized spacial score (nSPS) is 13.1. The largest absolute Gasteiger partial charge is 0.573 e. The number of rotatable bonds is 8. The monoisotopic (exact) mass is 501 g/mol. The fraction of sp³-hybridized carbons (Fsp3) is 0.240. The molecule has 0 bridgehead atoms. The van der Waals surface area contributed by atoms with E-state index >= 15 is 0 Å². The second-order valence-corrected chi connectivity index (χ2v) is 8.20. The lowest BCUT2D eigenvalue weighted by atomic mass is 10.00. The Labute approximate surface area is 204 Å². The number of carbonyl (C=O) groups is 2. The molecule has 0 atom stereocenters. The second kappa shape index (κ2) is 9.76. The summed E-state index contributed by atoms with van der Waals surface area (Å²) >= 11 is 0. The summed E-state index contributed by atoms with van der Waals surface area (Å²) in [6, 6.07) is 9.88. The molecular weight excluding hydrogens is 479 g/mol. The van der Waals surface area contributed by atoms with E-state index in [0.717, 1.165) is 30.5 Å². The highest BCUT2D eigenvalue weighted by atomic mass is 19.4. The minimum atomic E-state index is -4.87. The lowest BCUT2D eigenvalue weighted by Gasteiger charge is -2.18. The number of benzene rings is 2. The number of halogens is 3. The number of aryl methyl sites for hydroxylation is 1. The Balaban J connectivity index is 1.69. The third-order valence-electron chi connectivity index (χ3n) is 5.46. The topological polar surface area (TPSA) is 113 Å². The van der Waals surface area contributed by atoms with Crippen molar-refractivity contribution in [1.82, 2.24) is 4.98 Å². The number of carbonyl (C=O) groups excluding carboxylic acids is 2. The molecule has 1 fully saturated rings. The molecule has 1 saturated carbocycles. The summed E-state index contributed by atoms with van der Waals surface area (Å²) in [6.45, 7) is 1.76. The third kappa shape index (κ3) is 5.85. The number of nitrogens with one attached hydrogen (secondary N) is 1. The maximum atomic E-state index is 13.3. The van der Waals surface area contributed by atoms with E-state index in [1.54, 1.807) is 13.0 Å². The number of pyridine rings is 1. The molecule has 8 nitrogen and oxygen atoms in total. The number of nitrogens with zero attached hydrogens (tertiary/aromatic N) is 1. The van der Waals surface area contributed by atoms with Gasteiger partial charge in [-0.2, -0.15) is 0 Å². The Morgan fingerprint density at radius 3 is 2.44 bits per heavy atom. The van der Waals surface area contributed by atoms with Crippen LogP contribution in [0.1, 0.15) is 50.7 Å². The number of nitrogens with two attached hydrogens (primary N) is 1. The quantitative estimate of drug-likeness (QED) is 0.432. The van der Waals surface area contributed by atoms with Gasteiger partial charge in [-0.25, -0.2) is 0 Å². The van der Waals surface area contributed by atoms with Gasteiger partial charge in [0.25, 0.3) is 11.8 Å². The summed E-state index contributed by atoms with van der Waals surface area (Å²) in [5.41, 5.74) is 7.36. The summed E-state index contributed by atoms with van der Waals surface area (Å²) in [4.78, 5) is 28.6. The molecule has 3 N–H and O–H groups in total. The van der Waals surface area contributed by atoms with E-state index in [-0.39, 0.29) is 28.5 Å². The number of amides is 2. The fourth-order valence-corrected chi connectivity index (χ4v) is 3.69. The molecule has 4 rings (SSSR count). The van der Waals surface area contributed by atoms with Crippen LogP contribution in [0.4, 0.5) is 18.9 Å². The first kappa shape index (κ1) is 24.8. The molecule has 0 radical (unpaired) electrons. The molecule has 1 heterocycles. The van der Waals surface area contributed by atoms with Gasteiger partial charge >= 0.3 is 6.36 Å². The molecule has 0 saturated heterocycles. The third-order valence-corrected chi connectivity index (χ3v) is 5.46. The second-order valence-electron chi connectivity index (χ2n) is 8.20. The molecule has 1 aromatic heterocycles. The van der Waals surface area contributed by atoms with Crippen molar-refractivity contribution in [2.45, 2.75) is 32.0 Å². The maximum Gasteiger partial charge on any atom is 0.573 e. The first-order chi connectivity index (χ1) is 17.0. The van der Waals surface area contributed by atoms with Crippen LogP contribution in [0.5, 0.6) is 23.0 Å². The molecule has 0 spiro atoms. The minimum absolute atomic E-state index is 0.0159. The SMILES string of the molecule is COc1cc(OC(F)(F)F)ccc1Oc1cc(C2CC2)cc(C)c1C(=O)Nc1ccnc(C(N)=O)c1. The summed E-state index contributed by atoms with van der Waals surface area (Å²) in [5.74, 6) is -1.14. The zero-order valence-electron chi connectivity index (χ0n) is 19.3. The number of methoxy groups -OCH3 is 1. The summed E-state index contributed by atoms with van der Waals surface area (Å²) in [6.07, 6.45) is -1.52. The predicted molar refractivity (Wildman–Crippen MR) is 124 cm³/mol. The summed E-state index contributed by atoms with van der Waals surface area (Å²) in [7, 11) is 1.28. The van der Waals surface area contributed by atoms with Gasteiger partial charge in [-0.15, -0.1) is 13.2 Å². The Bertz CT molecular complexity index is 1320. The number of alkyl halides is 3. The van der Waals surface area contributed by atoms with Crippen LogP contribution in [0.15, 0.2) is 48.7 Å². The smallest absolute Gasteiger partial charge is 0.493 e. The maximum absolute atomic E-state index is 13.3. The molecule has 2 amide bonds. The predicted octanol–water partition coefficient (Wildman–Crippen LogP) is 5.32. The van der Waals surface area contributed by atoms with Crippen molar-refractivity contribution in [2.24, 2.45) is 5.73 Å². The minimum Gasteiger partial charge on any atom is -0.493 e. The number of hydrogen-bond acceptors (Lipinski definition) is 6. The van der Waals surface area contributed by atoms with Crippen LogP contribution in [0, 0.1) is 6.92 Å². The molecule has 0 unspecified atom stereocenters. The lowest BCUT2D eigenvalue weighted by Crippen LogP contribution is -2.17. The van der Waals surface area contributed by atoms with Crippen molar-refractivity contribution in [3.05, 3.63) is 71.0 Å². The van der Waals surface area contributed by atoms with Gasteiger partial charge in [-0.3, -0.25) is 14.6 Å². The molecule has 36 heavy (non-hydrogen) atoms. The van der Waals surface area contributed by atoms with E-state index in [9.17, 15) is 22.8 Å². The average molecular weight is 501 g/mol. The van der Waals surface area contributed by atoms with Crippen molar-refractivity contribution in [1.29, 1.82) is 0 Å². The van der Waals surface area contributed by atoms with Gasteiger partial charge in [0.05, 0.1) is 12.7 Å². The molecule has 2 aromatic carbocycles. The highest BCUT2D eigenvalue weighted by Gasteiger charge is 2.32. The van der Waals surface area contributed by atoms with Crippen LogP contribution in [-0.4, -0.2) is 30.3 Å². The molecule has 11 heteroatoms. The molecule has 1 aliphatic carbocycles. The molecule has 3 aromatic rings. The molecular formula is C25H22F3N3O5. The zero-order chi connectivity index (χ0) is 26.0. The van der Waals surface area contributed by atoms with Gasteiger partial charge in [0.15, 0.2) is 11.5 Å². The van der Waals surface area contributed by atoms with Crippen LogP contribution in [-0.2, 0) is 0 Å². The number of aromatic nitrogens is 1. The van der Waals surface area contributed by atoms with Crippen LogP contribution < -0.4 is 25.3 Å². The van der Waals surface area contributed by atoms with Crippen molar-refractivity contribution >= 4 is 17.5 Å². The van der Waals surface area contributed by atoms with E-state index in [0.29, 0.717) is 17.2 Å². The van der Waals surface area contributed by atoms with Crippen LogP contribution >= 0.6 is 0 Å². The van der Waals surface area contributed by atoms with E-state index in [1.165, 1.54) is 31.5 Å². The average Bonchev–Trinajstić information content (AvgIpc) is 3.64. The van der Waals surface area contributed by atoms with Gasteiger partial charge in [0, 0.05) is 18.0 Å². The van der Waals surface area contributed by atoms with Gasteiger partial charge in [0.2, 0.25) is 0 Å². The van der Waals surface area contributed by atoms with Crippen molar-refractivity contribution in [3.8, 4) is 23.0 Å². The number of ether oxygens (including phenoxy) is 3. The standard InChI is InChI=1S/C25H22F3N3O5/c1-13-9-15(14-3-4-14)10-21(22(13)24(33)31-16-7-8-30-18(11-16)23(29)32)35-19-6-5-17(12-20(19)34-2)36-25(26,27)28/h5-12,14H,3-4H2,1-2H3,(H2,29,32)(H,30,31,33). The molecule has 1 aliphatic rings. The Morgan fingerprint density at radius 2 is 1.81 bits per heavy atom. The molecule has 188 valence electrons. The number of hydrogen-bond donors (Lipinski definition) is 2. The van der Waals surface area contributed by atoms with Gasteiger partial charge < -0.3 is 25.3 Å². The number of primary amides is 1. The summed E-state index contributed by atoms with van der Waals surface area (Å²) < 4.78 is 53.0. The molecule has 0 aliphatic heterocycles. The van der Waals surface area contributed by atoms with Crippen molar-refractivity contribution in [3.63, 3.8) is 0 Å². The van der Waals surface area contributed by atoms with Crippen LogP contribution in [0.25, 0.3) is 0 Å². The summed E-state index contributed by atoms with van der Waals surface area (Å²) in [5, 5.41) is 2.71. The van der Waals surface area contributed by atoms with Crippen molar-refractivity contribution < 1.29 is 37.0 Å². The van der Waals surface area contributed by atoms with Gasteiger partial charge in [-0.05, 0) is 67.1 Å². The van der Waals surface area contributed by atoms with Crippen LogP contribution in [0.3, 0.4) is 0 Å². The zero-order valence-corrected chi connectivity index (χ0v) is 19.3. The van der Waals surface area contributed by atoms with Gasteiger partial charge in [0.1, 0.15) is 17.2 Å².